The Balaban J connectivity index is 2.08. The summed E-state index contributed by atoms with van der Waals surface area (Å²) >= 11 is 0. The number of carbonyl (C=O) groups excluding carboxylic acids is 1. The van der Waals surface area contributed by atoms with Crippen molar-refractivity contribution in [2.45, 2.75) is 18.9 Å². The highest BCUT2D eigenvalue weighted by Gasteiger charge is 2.21. The topological polar surface area (TPSA) is 68.1 Å². The molecule has 1 heterocycles. The van der Waals surface area contributed by atoms with Crippen LogP contribution >= 0.6 is 0 Å². The average Bonchev–Trinajstić information content (AvgIpc) is 3.07. The third kappa shape index (κ3) is 3.12. The number of nitrogens with one attached hydrogen (secondary N) is 1. The van der Waals surface area contributed by atoms with Gasteiger partial charge in [0.25, 0.3) is 0 Å². The van der Waals surface area contributed by atoms with Gasteiger partial charge in [-0.3, -0.25) is 4.79 Å². The summed E-state index contributed by atoms with van der Waals surface area (Å²) in [6.45, 7) is 0.445. The van der Waals surface area contributed by atoms with Gasteiger partial charge in [0.15, 0.2) is 0 Å². The molecule has 4 heteroatoms. The molecule has 0 radical (unpaired) electrons. The Morgan fingerprint density at radius 1 is 1.22 bits per heavy atom. The number of benzene rings is 2. The zero-order chi connectivity index (χ0) is 16.2. The molecule has 3 rings (SSSR count). The third-order valence-corrected chi connectivity index (χ3v) is 4.23. The molecule has 0 aliphatic carbocycles. The van der Waals surface area contributed by atoms with Crippen molar-refractivity contribution >= 4 is 16.9 Å². The molecule has 0 saturated carbocycles. The predicted molar refractivity (Wildman–Crippen MR) is 91.1 cm³/mol. The van der Waals surface area contributed by atoms with Gasteiger partial charge in [0.2, 0.25) is 0 Å². The summed E-state index contributed by atoms with van der Waals surface area (Å²) in [5, 5.41) is 1.13. The number of aromatic amines is 1. The zero-order valence-electron chi connectivity index (χ0n) is 13.1. The molecule has 2 aromatic carbocycles. The number of esters is 1. The maximum Gasteiger partial charge on any atom is 0.306 e. The number of methoxy groups -OCH3 is 1. The average molecular weight is 308 g/mol. The molecule has 0 aliphatic heterocycles. The summed E-state index contributed by atoms with van der Waals surface area (Å²) in [7, 11) is 1.42. The number of hydrogen-bond donors (Lipinski definition) is 2. The fraction of sp³-hybridized carbons (Fsp3) is 0.211. The molecule has 0 aliphatic rings. The van der Waals surface area contributed by atoms with Crippen LogP contribution in [0.3, 0.4) is 0 Å². The lowest BCUT2D eigenvalue weighted by atomic mass is 9.85. The van der Waals surface area contributed by atoms with Gasteiger partial charge in [0.05, 0.1) is 13.5 Å². The molecular weight excluding hydrogens is 288 g/mol. The summed E-state index contributed by atoms with van der Waals surface area (Å²) < 4.78 is 4.89. The molecule has 1 aromatic heterocycles. The fourth-order valence-electron chi connectivity index (χ4n) is 3.01. The Kier molecular flexibility index (Phi) is 4.44. The Labute approximate surface area is 135 Å². The van der Waals surface area contributed by atoms with Gasteiger partial charge in [-0.2, -0.15) is 0 Å². The van der Waals surface area contributed by atoms with Crippen LogP contribution in [0.1, 0.15) is 29.0 Å². The maximum absolute atomic E-state index is 11.9. The molecular formula is C19H20N2O2. The number of nitrogens with two attached hydrogens (primary N) is 1. The second-order valence-corrected chi connectivity index (χ2v) is 5.56. The van der Waals surface area contributed by atoms with E-state index in [1.807, 2.05) is 42.6 Å². The first-order chi connectivity index (χ1) is 11.2. The molecule has 0 fully saturated rings. The van der Waals surface area contributed by atoms with Crippen LogP contribution in [0.15, 0.2) is 54.7 Å². The lowest BCUT2D eigenvalue weighted by Gasteiger charge is -2.20. The van der Waals surface area contributed by atoms with E-state index < -0.39 is 0 Å². The molecule has 0 saturated heterocycles. The molecule has 3 N–H and O–H groups in total. The fourth-order valence-corrected chi connectivity index (χ4v) is 3.01. The van der Waals surface area contributed by atoms with Crippen LogP contribution in [0.5, 0.6) is 0 Å². The van der Waals surface area contributed by atoms with E-state index in [-0.39, 0.29) is 11.9 Å². The first-order valence-electron chi connectivity index (χ1n) is 7.64. The number of aromatic nitrogens is 1. The highest BCUT2D eigenvalue weighted by atomic mass is 16.5. The van der Waals surface area contributed by atoms with Gasteiger partial charge < -0.3 is 15.5 Å². The van der Waals surface area contributed by atoms with Crippen LogP contribution in [0.25, 0.3) is 10.9 Å². The van der Waals surface area contributed by atoms with Gasteiger partial charge in [-0.15, -0.1) is 0 Å². The van der Waals surface area contributed by atoms with Crippen molar-refractivity contribution < 1.29 is 9.53 Å². The Morgan fingerprint density at radius 2 is 2.04 bits per heavy atom. The summed E-state index contributed by atoms with van der Waals surface area (Å²) in [5.41, 5.74) is 10.2. The van der Waals surface area contributed by atoms with Crippen LogP contribution in [-0.4, -0.2) is 18.1 Å². The minimum atomic E-state index is -0.226. The van der Waals surface area contributed by atoms with Gasteiger partial charge in [-0.05, 0) is 40.3 Å². The lowest BCUT2D eigenvalue weighted by molar-refractivity contribution is -0.140. The van der Waals surface area contributed by atoms with Crippen molar-refractivity contribution in [2.75, 3.05) is 7.11 Å². The number of H-pyrrole nitrogens is 1. The van der Waals surface area contributed by atoms with Gasteiger partial charge in [-0.25, -0.2) is 0 Å². The quantitative estimate of drug-likeness (QED) is 0.710. The lowest BCUT2D eigenvalue weighted by Crippen LogP contribution is -2.13. The zero-order valence-corrected chi connectivity index (χ0v) is 13.1. The van der Waals surface area contributed by atoms with E-state index in [1.165, 1.54) is 7.11 Å². The first-order valence-corrected chi connectivity index (χ1v) is 7.64. The molecule has 1 atom stereocenters. The first kappa shape index (κ1) is 15.3. The van der Waals surface area contributed by atoms with Crippen LogP contribution in [0.2, 0.25) is 0 Å². The van der Waals surface area contributed by atoms with E-state index in [1.54, 1.807) is 0 Å². The van der Waals surface area contributed by atoms with Crippen LogP contribution in [0, 0.1) is 0 Å². The normalized spacial score (nSPS) is 12.3. The van der Waals surface area contributed by atoms with Crippen LogP contribution in [0.4, 0.5) is 0 Å². The standard InChI is InChI=1S/C19H20N2O2/c1-23-19(22)11-17(16-5-3-2-4-15(16)12-20)13-6-7-18-14(10-13)8-9-21-18/h2-10,17,21H,11-12,20H2,1H3. The highest BCUT2D eigenvalue weighted by Crippen LogP contribution is 2.32. The monoisotopic (exact) mass is 308 g/mol. The molecule has 118 valence electrons. The van der Waals surface area contributed by atoms with Crippen LogP contribution < -0.4 is 5.73 Å². The summed E-state index contributed by atoms with van der Waals surface area (Å²) in [6, 6.07) is 16.2. The second-order valence-electron chi connectivity index (χ2n) is 5.56. The van der Waals surface area contributed by atoms with Crippen molar-refractivity contribution in [3.05, 3.63) is 71.4 Å². The van der Waals surface area contributed by atoms with Gasteiger partial charge in [-0.1, -0.05) is 30.3 Å². The molecule has 0 amide bonds. The van der Waals surface area contributed by atoms with E-state index in [4.69, 9.17) is 10.5 Å². The molecule has 1 unspecified atom stereocenters. The van der Waals surface area contributed by atoms with Crippen molar-refractivity contribution in [1.29, 1.82) is 0 Å². The number of rotatable bonds is 5. The summed E-state index contributed by atoms with van der Waals surface area (Å²) in [4.78, 5) is 15.1. The largest absolute Gasteiger partial charge is 0.469 e. The van der Waals surface area contributed by atoms with Crippen LogP contribution in [-0.2, 0) is 16.1 Å². The van der Waals surface area contributed by atoms with E-state index in [0.717, 1.165) is 27.6 Å². The van der Waals surface area contributed by atoms with Crippen molar-refractivity contribution in [3.63, 3.8) is 0 Å². The summed E-state index contributed by atoms with van der Waals surface area (Å²) in [6.07, 6.45) is 2.21. The minimum absolute atomic E-state index is 0.0681. The predicted octanol–water partition coefficient (Wildman–Crippen LogP) is 3.32. The summed E-state index contributed by atoms with van der Waals surface area (Å²) in [5.74, 6) is -0.294. The van der Waals surface area contributed by atoms with Crippen molar-refractivity contribution in [1.82, 2.24) is 4.98 Å². The van der Waals surface area contributed by atoms with E-state index >= 15 is 0 Å². The molecule has 4 nitrogen and oxygen atoms in total. The second kappa shape index (κ2) is 6.67. The van der Waals surface area contributed by atoms with E-state index in [0.29, 0.717) is 13.0 Å². The van der Waals surface area contributed by atoms with E-state index in [9.17, 15) is 4.79 Å². The molecule has 3 aromatic rings. The SMILES string of the molecule is COC(=O)CC(c1ccc2[nH]ccc2c1)c1ccccc1CN. The molecule has 0 bridgehead atoms. The van der Waals surface area contributed by atoms with Gasteiger partial charge in [0, 0.05) is 24.2 Å². The molecule has 0 spiro atoms. The van der Waals surface area contributed by atoms with E-state index in [2.05, 4.69) is 17.1 Å². The maximum atomic E-state index is 11.9. The minimum Gasteiger partial charge on any atom is -0.469 e. The number of carbonyl (C=O) groups is 1. The van der Waals surface area contributed by atoms with Gasteiger partial charge >= 0.3 is 5.97 Å². The van der Waals surface area contributed by atoms with Crippen molar-refractivity contribution in [3.8, 4) is 0 Å². The Hall–Kier alpha value is -2.59. The smallest absolute Gasteiger partial charge is 0.306 e. The van der Waals surface area contributed by atoms with Crippen molar-refractivity contribution in [2.24, 2.45) is 5.73 Å². The highest BCUT2D eigenvalue weighted by molar-refractivity contribution is 5.80. The van der Waals surface area contributed by atoms with Gasteiger partial charge in [0.1, 0.15) is 0 Å². The Bertz CT molecular complexity index is 823. The number of ether oxygens (including phenoxy) is 1. The number of fused-ring (bicyclic) bond motifs is 1. The third-order valence-electron chi connectivity index (χ3n) is 4.23. The Morgan fingerprint density at radius 3 is 2.83 bits per heavy atom. The molecule has 23 heavy (non-hydrogen) atoms. The number of hydrogen-bond acceptors (Lipinski definition) is 3.